The molecule has 4 nitrogen and oxygen atoms in total. The van der Waals surface area contributed by atoms with Crippen LogP contribution in [0, 0.1) is 0 Å². The molecular formula is C16H16ClNO3. The highest BCUT2D eigenvalue weighted by Gasteiger charge is 2.12. The molecule has 5 heteroatoms. The Morgan fingerprint density at radius 1 is 1.14 bits per heavy atom. The Labute approximate surface area is 128 Å². The van der Waals surface area contributed by atoms with Crippen LogP contribution in [0.3, 0.4) is 0 Å². The van der Waals surface area contributed by atoms with Gasteiger partial charge < -0.3 is 14.8 Å². The Balaban J connectivity index is 2.11. The van der Waals surface area contributed by atoms with E-state index < -0.39 is 0 Å². The number of hydrogen-bond acceptors (Lipinski definition) is 3. The predicted molar refractivity (Wildman–Crippen MR) is 83.2 cm³/mol. The number of anilines is 1. The lowest BCUT2D eigenvalue weighted by molar-refractivity contribution is 0.101. The van der Waals surface area contributed by atoms with E-state index >= 15 is 0 Å². The summed E-state index contributed by atoms with van der Waals surface area (Å²) in [6, 6.07) is 14.1. The van der Waals surface area contributed by atoms with Crippen molar-refractivity contribution in [2.45, 2.75) is 0 Å². The van der Waals surface area contributed by atoms with Crippen LogP contribution in [0.25, 0.3) is 0 Å². The van der Waals surface area contributed by atoms with Gasteiger partial charge in [0.15, 0.2) is 0 Å². The Hall–Kier alpha value is -2.04. The molecule has 0 aliphatic rings. The normalized spacial score (nSPS) is 10.2. The molecule has 2 aromatic rings. The fourth-order valence-electron chi connectivity index (χ4n) is 1.78. The lowest BCUT2D eigenvalue weighted by Gasteiger charge is -2.11. The molecule has 0 saturated carbocycles. The van der Waals surface area contributed by atoms with Crippen molar-refractivity contribution in [2.24, 2.45) is 0 Å². The quantitative estimate of drug-likeness (QED) is 0.829. The third kappa shape index (κ3) is 4.48. The van der Waals surface area contributed by atoms with Crippen molar-refractivity contribution in [2.75, 3.05) is 25.6 Å². The van der Waals surface area contributed by atoms with Crippen molar-refractivity contribution < 1.29 is 14.3 Å². The monoisotopic (exact) mass is 305 g/mol. The van der Waals surface area contributed by atoms with Gasteiger partial charge in [0.25, 0.3) is 5.91 Å². The number of methoxy groups -OCH3 is 1. The summed E-state index contributed by atoms with van der Waals surface area (Å²) in [4.78, 5) is 12.3. The second-order valence-corrected chi connectivity index (χ2v) is 4.74. The molecule has 2 aromatic carbocycles. The van der Waals surface area contributed by atoms with Crippen molar-refractivity contribution in [1.82, 2.24) is 0 Å². The molecule has 0 radical (unpaired) electrons. The molecule has 0 aromatic heterocycles. The third-order valence-electron chi connectivity index (χ3n) is 2.76. The molecule has 2 rings (SSSR count). The van der Waals surface area contributed by atoms with E-state index in [4.69, 9.17) is 21.1 Å². The van der Waals surface area contributed by atoms with Crippen LogP contribution in [-0.2, 0) is 4.74 Å². The molecule has 110 valence electrons. The first-order chi connectivity index (χ1) is 10.2. The number of halogens is 1. The van der Waals surface area contributed by atoms with Crippen LogP contribution in [0.1, 0.15) is 10.4 Å². The molecule has 0 unspecified atom stereocenters. The number of hydrogen-bond donors (Lipinski definition) is 1. The van der Waals surface area contributed by atoms with Crippen LogP contribution in [0.2, 0.25) is 5.02 Å². The lowest BCUT2D eigenvalue weighted by Crippen LogP contribution is -2.14. The van der Waals surface area contributed by atoms with E-state index in [2.05, 4.69) is 5.32 Å². The topological polar surface area (TPSA) is 47.6 Å². The summed E-state index contributed by atoms with van der Waals surface area (Å²) in [5.74, 6) is 0.277. The van der Waals surface area contributed by atoms with Gasteiger partial charge in [0.05, 0.1) is 12.2 Å². The first-order valence-electron chi connectivity index (χ1n) is 6.48. The summed E-state index contributed by atoms with van der Waals surface area (Å²) in [5, 5.41) is 3.36. The zero-order chi connectivity index (χ0) is 15.1. The average Bonchev–Trinajstić information content (AvgIpc) is 2.48. The second kappa shape index (κ2) is 7.67. The van der Waals surface area contributed by atoms with Crippen molar-refractivity contribution in [3.8, 4) is 5.75 Å². The standard InChI is InChI=1S/C16H16ClNO3/c1-20-9-10-21-15-8-3-2-7-14(15)16(19)18-13-6-4-5-12(17)11-13/h2-8,11H,9-10H2,1H3,(H,18,19). The van der Waals surface area contributed by atoms with Crippen molar-refractivity contribution in [1.29, 1.82) is 0 Å². The van der Waals surface area contributed by atoms with Crippen molar-refractivity contribution >= 4 is 23.2 Å². The maximum absolute atomic E-state index is 12.3. The van der Waals surface area contributed by atoms with Crippen LogP contribution in [0.15, 0.2) is 48.5 Å². The van der Waals surface area contributed by atoms with Gasteiger partial charge in [0.2, 0.25) is 0 Å². The Morgan fingerprint density at radius 2 is 1.95 bits per heavy atom. The molecule has 0 bridgehead atoms. The number of ether oxygens (including phenoxy) is 2. The van der Waals surface area contributed by atoms with Gasteiger partial charge in [-0.2, -0.15) is 0 Å². The number of rotatable bonds is 6. The molecule has 0 fully saturated rings. The van der Waals surface area contributed by atoms with E-state index in [1.54, 1.807) is 49.6 Å². The molecule has 0 heterocycles. The van der Waals surface area contributed by atoms with Crippen LogP contribution < -0.4 is 10.1 Å². The van der Waals surface area contributed by atoms with Crippen LogP contribution >= 0.6 is 11.6 Å². The summed E-state index contributed by atoms with van der Waals surface area (Å²) >= 11 is 5.90. The fourth-order valence-corrected chi connectivity index (χ4v) is 1.97. The second-order valence-electron chi connectivity index (χ2n) is 4.30. The lowest BCUT2D eigenvalue weighted by atomic mass is 10.2. The molecule has 0 spiro atoms. The van der Waals surface area contributed by atoms with E-state index in [0.29, 0.717) is 35.2 Å². The van der Waals surface area contributed by atoms with Gasteiger partial charge in [-0.3, -0.25) is 4.79 Å². The molecule has 0 saturated heterocycles. The highest BCUT2D eigenvalue weighted by Crippen LogP contribution is 2.21. The van der Waals surface area contributed by atoms with Gasteiger partial charge in [0, 0.05) is 17.8 Å². The van der Waals surface area contributed by atoms with Gasteiger partial charge in [-0.05, 0) is 30.3 Å². The van der Waals surface area contributed by atoms with Crippen LogP contribution in [-0.4, -0.2) is 26.2 Å². The number of amides is 1. The maximum atomic E-state index is 12.3. The zero-order valence-corrected chi connectivity index (χ0v) is 12.4. The molecule has 0 atom stereocenters. The van der Waals surface area contributed by atoms with Gasteiger partial charge >= 0.3 is 0 Å². The Bertz CT molecular complexity index is 616. The zero-order valence-electron chi connectivity index (χ0n) is 11.6. The van der Waals surface area contributed by atoms with Crippen molar-refractivity contribution in [3.05, 3.63) is 59.1 Å². The number of carbonyl (C=O) groups is 1. The van der Waals surface area contributed by atoms with Crippen LogP contribution in [0.4, 0.5) is 5.69 Å². The van der Waals surface area contributed by atoms with E-state index in [1.165, 1.54) is 0 Å². The smallest absolute Gasteiger partial charge is 0.259 e. The summed E-state index contributed by atoms with van der Waals surface area (Å²) in [6.45, 7) is 0.849. The van der Waals surface area contributed by atoms with Crippen molar-refractivity contribution in [3.63, 3.8) is 0 Å². The summed E-state index contributed by atoms with van der Waals surface area (Å²) in [6.07, 6.45) is 0. The minimum atomic E-state index is -0.245. The predicted octanol–water partition coefficient (Wildman–Crippen LogP) is 3.62. The van der Waals surface area contributed by atoms with Crippen LogP contribution in [0.5, 0.6) is 5.75 Å². The van der Waals surface area contributed by atoms with Gasteiger partial charge in [0.1, 0.15) is 12.4 Å². The largest absolute Gasteiger partial charge is 0.490 e. The van der Waals surface area contributed by atoms with Gasteiger partial charge in [-0.1, -0.05) is 29.8 Å². The molecule has 0 aliphatic carbocycles. The molecule has 0 aliphatic heterocycles. The van der Waals surface area contributed by atoms with E-state index in [1.807, 2.05) is 6.07 Å². The Morgan fingerprint density at radius 3 is 2.71 bits per heavy atom. The average molecular weight is 306 g/mol. The highest BCUT2D eigenvalue weighted by molar-refractivity contribution is 6.31. The van der Waals surface area contributed by atoms with Gasteiger partial charge in [-0.15, -0.1) is 0 Å². The first kappa shape index (κ1) is 15.4. The highest BCUT2D eigenvalue weighted by atomic mass is 35.5. The van der Waals surface area contributed by atoms with E-state index in [-0.39, 0.29) is 5.91 Å². The molecule has 1 N–H and O–H groups in total. The van der Waals surface area contributed by atoms with E-state index in [9.17, 15) is 4.79 Å². The minimum Gasteiger partial charge on any atom is -0.490 e. The SMILES string of the molecule is COCCOc1ccccc1C(=O)Nc1cccc(Cl)c1. The minimum absolute atomic E-state index is 0.245. The number of para-hydroxylation sites is 1. The number of benzene rings is 2. The third-order valence-corrected chi connectivity index (χ3v) is 2.99. The molecular weight excluding hydrogens is 290 g/mol. The Kier molecular flexibility index (Phi) is 5.60. The summed E-state index contributed by atoms with van der Waals surface area (Å²) in [7, 11) is 1.60. The fraction of sp³-hybridized carbons (Fsp3) is 0.188. The maximum Gasteiger partial charge on any atom is 0.259 e. The molecule has 1 amide bonds. The van der Waals surface area contributed by atoms with Gasteiger partial charge in [-0.25, -0.2) is 0 Å². The number of nitrogens with one attached hydrogen (secondary N) is 1. The molecule has 21 heavy (non-hydrogen) atoms. The summed E-state index contributed by atoms with van der Waals surface area (Å²) < 4.78 is 10.5. The van der Waals surface area contributed by atoms with E-state index in [0.717, 1.165) is 0 Å². The number of carbonyl (C=O) groups excluding carboxylic acids is 1. The first-order valence-corrected chi connectivity index (χ1v) is 6.86. The summed E-state index contributed by atoms with van der Waals surface area (Å²) in [5.41, 5.74) is 1.10.